The molecule has 2 aromatic heterocycles. The van der Waals surface area contributed by atoms with Crippen LogP contribution in [-0.4, -0.2) is 65.3 Å². The van der Waals surface area contributed by atoms with Gasteiger partial charge in [0.15, 0.2) is 0 Å². The number of carbonyl (C=O) groups excluding carboxylic acids is 1. The third-order valence-electron chi connectivity index (χ3n) is 10.3. The molecule has 0 spiro atoms. The maximum Gasteiger partial charge on any atom is 0.339 e. The molecule has 0 bridgehead atoms. The molecule has 2 fully saturated rings. The Labute approximate surface area is 280 Å². The van der Waals surface area contributed by atoms with Crippen molar-refractivity contribution in [1.29, 1.82) is 0 Å². The molecule has 7 rings (SSSR count). The van der Waals surface area contributed by atoms with E-state index in [4.69, 9.17) is 9.84 Å². The summed E-state index contributed by atoms with van der Waals surface area (Å²) in [7, 11) is 0.358. The first-order chi connectivity index (χ1) is 23.0. The van der Waals surface area contributed by atoms with Crippen molar-refractivity contribution >= 4 is 44.6 Å². The van der Waals surface area contributed by atoms with E-state index in [0.717, 1.165) is 82.5 Å². The monoisotopic (exact) mass is 671 g/mol. The van der Waals surface area contributed by atoms with Gasteiger partial charge in [-0.25, -0.2) is 9.52 Å². The van der Waals surface area contributed by atoms with E-state index in [2.05, 4.69) is 21.4 Å². The Kier molecular flexibility index (Phi) is 8.19. The molecular weight excluding hydrogens is 630 g/mol. The fourth-order valence-electron chi connectivity index (χ4n) is 7.60. The molecule has 0 atom stereocenters. The average Bonchev–Trinajstić information content (AvgIpc) is 3.47. The van der Waals surface area contributed by atoms with Crippen LogP contribution in [0.2, 0.25) is 0 Å². The van der Waals surface area contributed by atoms with Gasteiger partial charge < -0.3 is 14.4 Å². The van der Waals surface area contributed by atoms with Crippen molar-refractivity contribution in [3.8, 4) is 17.0 Å². The van der Waals surface area contributed by atoms with Crippen molar-refractivity contribution in [3.63, 3.8) is 0 Å². The number of carboxylic acid groups (broad SMARTS) is 1. The standard InChI is InChI=1S/C36H41N5O6S/c1-21-31(36(43)44)33(41(37-21)26-11-8-12-26)25-17-24-18-27(47-4)14-16-28(24)34-32(22-9-6-5-7-10-22)29-15-13-23(19-30(29)40(34)20-25)35(42)38-48(45,46)39(2)3/h13-19,22,26H,5-12,20H2,1-4H3,(H,38,42)(H,43,44). The van der Waals surface area contributed by atoms with Crippen LogP contribution in [0.4, 0.5) is 0 Å². The second-order valence-electron chi connectivity index (χ2n) is 13.4. The van der Waals surface area contributed by atoms with Gasteiger partial charge in [-0.2, -0.15) is 17.8 Å². The van der Waals surface area contributed by atoms with Gasteiger partial charge in [-0.3, -0.25) is 9.48 Å². The van der Waals surface area contributed by atoms with Gasteiger partial charge in [-0.05, 0) is 98.1 Å². The van der Waals surface area contributed by atoms with Crippen molar-refractivity contribution in [1.82, 2.24) is 23.4 Å². The predicted octanol–water partition coefficient (Wildman–Crippen LogP) is 6.38. The normalized spacial score (nSPS) is 17.0. The van der Waals surface area contributed by atoms with E-state index in [9.17, 15) is 23.1 Å². The number of ether oxygens (including phenoxy) is 1. The molecule has 4 aromatic rings. The highest BCUT2D eigenvalue weighted by molar-refractivity contribution is 7.87. The van der Waals surface area contributed by atoms with E-state index in [1.54, 1.807) is 26.2 Å². The van der Waals surface area contributed by atoms with Gasteiger partial charge in [0, 0.05) is 36.1 Å². The minimum atomic E-state index is -4.01. The van der Waals surface area contributed by atoms with Crippen LogP contribution in [0.25, 0.3) is 33.8 Å². The van der Waals surface area contributed by atoms with Gasteiger partial charge in [0.1, 0.15) is 11.3 Å². The molecular formula is C36H41N5O6S. The number of hydrogen-bond acceptors (Lipinski definition) is 6. The summed E-state index contributed by atoms with van der Waals surface area (Å²) in [4.78, 5) is 26.2. The number of aryl methyl sites for hydroxylation is 1. The second-order valence-corrected chi connectivity index (χ2v) is 15.3. The second kappa shape index (κ2) is 12.2. The van der Waals surface area contributed by atoms with Crippen molar-refractivity contribution in [2.45, 2.75) is 76.8 Å². The lowest BCUT2D eigenvalue weighted by Gasteiger charge is -2.28. The SMILES string of the molecule is COc1ccc2c(c1)C=C(c1c(C(=O)O)c(C)nn1C1CCC1)Cn1c-2c(C2CCCCC2)c2ccc(C(=O)NS(=O)(=O)N(C)C)cc21. The number of rotatable bonds is 8. The van der Waals surface area contributed by atoms with E-state index in [1.165, 1.54) is 26.1 Å². The lowest BCUT2D eigenvalue weighted by atomic mass is 9.81. The molecule has 1 amide bonds. The molecule has 11 nitrogen and oxygen atoms in total. The molecule has 252 valence electrons. The number of nitrogens with one attached hydrogen (secondary N) is 1. The number of allylic oxidation sites excluding steroid dienone is 1. The Hall–Kier alpha value is -4.42. The zero-order valence-corrected chi connectivity index (χ0v) is 28.6. The molecule has 0 saturated heterocycles. The van der Waals surface area contributed by atoms with Gasteiger partial charge in [-0.1, -0.05) is 25.3 Å². The molecule has 2 N–H and O–H groups in total. The number of fused-ring (bicyclic) bond motifs is 5. The van der Waals surface area contributed by atoms with Crippen LogP contribution < -0.4 is 9.46 Å². The number of carbonyl (C=O) groups is 2. The van der Waals surface area contributed by atoms with E-state index >= 15 is 0 Å². The number of benzene rings is 2. The van der Waals surface area contributed by atoms with Crippen LogP contribution in [0, 0.1) is 6.92 Å². The Morgan fingerprint density at radius 1 is 1.00 bits per heavy atom. The summed E-state index contributed by atoms with van der Waals surface area (Å²) in [5.74, 6) is -0.760. The summed E-state index contributed by atoms with van der Waals surface area (Å²) < 4.78 is 38.1. The van der Waals surface area contributed by atoms with Gasteiger partial charge in [0.2, 0.25) is 0 Å². The van der Waals surface area contributed by atoms with E-state index < -0.39 is 22.1 Å². The van der Waals surface area contributed by atoms with Crippen molar-refractivity contribution in [3.05, 3.63) is 70.0 Å². The quantitative estimate of drug-likeness (QED) is 0.222. The highest BCUT2D eigenvalue weighted by Gasteiger charge is 2.34. The maximum absolute atomic E-state index is 13.4. The number of hydrogen-bond donors (Lipinski definition) is 2. The Balaban J connectivity index is 1.51. The Morgan fingerprint density at radius 3 is 2.40 bits per heavy atom. The summed E-state index contributed by atoms with van der Waals surface area (Å²) in [6, 6.07) is 11.5. The summed E-state index contributed by atoms with van der Waals surface area (Å²) in [6.07, 6.45) is 10.5. The average molecular weight is 672 g/mol. The first-order valence-electron chi connectivity index (χ1n) is 16.6. The van der Waals surface area contributed by atoms with E-state index in [1.807, 2.05) is 22.9 Å². The topological polar surface area (TPSA) is 136 Å². The number of amides is 1. The molecule has 3 aliphatic rings. The Morgan fingerprint density at radius 2 is 1.75 bits per heavy atom. The van der Waals surface area contributed by atoms with Crippen LogP contribution >= 0.6 is 0 Å². The van der Waals surface area contributed by atoms with Gasteiger partial charge in [-0.15, -0.1) is 0 Å². The maximum atomic E-state index is 13.4. The lowest BCUT2D eigenvalue weighted by molar-refractivity contribution is 0.0695. The number of aromatic nitrogens is 3. The first kappa shape index (κ1) is 32.1. The van der Waals surface area contributed by atoms with Crippen LogP contribution in [0.15, 0.2) is 36.4 Å². The number of carboxylic acids is 1. The summed E-state index contributed by atoms with van der Waals surface area (Å²) in [5, 5.41) is 16.3. The van der Waals surface area contributed by atoms with Gasteiger partial charge in [0.25, 0.3) is 5.91 Å². The number of methoxy groups -OCH3 is 1. The third-order valence-corrected chi connectivity index (χ3v) is 11.7. The van der Waals surface area contributed by atoms with Crippen LogP contribution in [-0.2, 0) is 16.8 Å². The van der Waals surface area contributed by atoms with Crippen molar-refractivity contribution < 1.29 is 27.9 Å². The smallest absolute Gasteiger partial charge is 0.339 e. The van der Waals surface area contributed by atoms with Crippen LogP contribution in [0.3, 0.4) is 0 Å². The predicted molar refractivity (Wildman–Crippen MR) is 185 cm³/mol. The minimum Gasteiger partial charge on any atom is -0.497 e. The van der Waals surface area contributed by atoms with Crippen LogP contribution in [0.1, 0.15) is 107 Å². The van der Waals surface area contributed by atoms with E-state index in [-0.39, 0.29) is 17.2 Å². The Bertz CT molecular complexity index is 2100. The van der Waals surface area contributed by atoms with Crippen molar-refractivity contribution in [2.75, 3.05) is 21.2 Å². The molecule has 0 radical (unpaired) electrons. The summed E-state index contributed by atoms with van der Waals surface area (Å²) in [6.45, 7) is 2.08. The zero-order chi connectivity index (χ0) is 33.9. The van der Waals surface area contributed by atoms with Crippen LogP contribution in [0.5, 0.6) is 5.75 Å². The van der Waals surface area contributed by atoms with Crippen molar-refractivity contribution in [2.24, 2.45) is 0 Å². The zero-order valence-electron chi connectivity index (χ0n) is 27.7. The lowest BCUT2D eigenvalue weighted by Crippen LogP contribution is -2.39. The molecule has 2 saturated carbocycles. The molecule has 2 aliphatic carbocycles. The number of aromatic carboxylic acids is 1. The molecule has 1 aliphatic heterocycles. The van der Waals surface area contributed by atoms with Gasteiger partial charge >= 0.3 is 16.2 Å². The highest BCUT2D eigenvalue weighted by atomic mass is 32.2. The van der Waals surface area contributed by atoms with Gasteiger partial charge in [0.05, 0.1) is 36.8 Å². The number of nitrogens with zero attached hydrogens (tertiary/aromatic N) is 4. The fraction of sp³-hybridized carbons (Fsp3) is 0.417. The third kappa shape index (κ3) is 5.40. The summed E-state index contributed by atoms with van der Waals surface area (Å²) in [5.41, 5.74) is 7.21. The fourth-order valence-corrected chi connectivity index (χ4v) is 8.14. The molecule has 12 heteroatoms. The minimum absolute atomic E-state index is 0.119. The highest BCUT2D eigenvalue weighted by Crippen LogP contribution is 2.48. The molecule has 48 heavy (non-hydrogen) atoms. The largest absolute Gasteiger partial charge is 0.497 e. The molecule has 3 heterocycles. The van der Waals surface area contributed by atoms with E-state index in [0.29, 0.717) is 29.6 Å². The first-order valence-corrected chi connectivity index (χ1v) is 18.0. The molecule has 2 aromatic carbocycles. The summed E-state index contributed by atoms with van der Waals surface area (Å²) >= 11 is 0. The molecule has 0 unspecified atom stereocenters.